The molecular formula is C14H24N2O3S2. The van der Waals surface area contributed by atoms with Crippen LogP contribution in [0.2, 0.25) is 0 Å². The lowest BCUT2D eigenvalue weighted by Crippen LogP contribution is -2.48. The van der Waals surface area contributed by atoms with Crippen molar-refractivity contribution in [1.82, 2.24) is 9.62 Å². The standard InChI is InChI=1S/C14H24N2O3S2/c1-5-15-6-13-14(10(2)9-20-13)21(17,18)16-7-11(3)19-12(4)8-16/h9,11-12,15H,5-8H2,1-4H3. The Balaban J connectivity index is 2.33. The van der Waals surface area contributed by atoms with Gasteiger partial charge >= 0.3 is 0 Å². The Bertz CT molecular complexity index is 573. The third kappa shape index (κ3) is 3.65. The molecule has 0 radical (unpaired) electrons. The summed E-state index contributed by atoms with van der Waals surface area (Å²) in [6.45, 7) is 9.97. The van der Waals surface area contributed by atoms with Crippen molar-refractivity contribution in [1.29, 1.82) is 0 Å². The predicted octanol–water partition coefficient (Wildman–Crippen LogP) is 1.96. The summed E-state index contributed by atoms with van der Waals surface area (Å²) < 4.78 is 33.2. The van der Waals surface area contributed by atoms with E-state index in [0.717, 1.165) is 17.0 Å². The molecule has 0 bridgehead atoms. The molecular weight excluding hydrogens is 308 g/mol. The number of morpholine rings is 1. The van der Waals surface area contributed by atoms with Gasteiger partial charge in [0.05, 0.1) is 12.2 Å². The molecule has 1 aliphatic rings. The van der Waals surface area contributed by atoms with Crippen molar-refractivity contribution < 1.29 is 13.2 Å². The summed E-state index contributed by atoms with van der Waals surface area (Å²) in [7, 11) is -3.45. The SMILES string of the molecule is CCNCc1scc(C)c1S(=O)(=O)N1CC(C)OC(C)C1. The Morgan fingerprint density at radius 1 is 1.38 bits per heavy atom. The molecule has 1 fully saturated rings. The van der Waals surface area contributed by atoms with Crippen LogP contribution in [-0.2, 0) is 21.3 Å². The molecule has 2 rings (SSSR count). The summed E-state index contributed by atoms with van der Waals surface area (Å²) >= 11 is 1.51. The van der Waals surface area contributed by atoms with Crippen LogP contribution in [-0.4, -0.2) is 44.6 Å². The Morgan fingerprint density at radius 2 is 2.00 bits per heavy atom. The first-order chi connectivity index (χ1) is 9.86. The third-order valence-corrected chi connectivity index (χ3v) is 6.80. The molecule has 1 aliphatic heterocycles. The molecule has 2 heterocycles. The molecule has 120 valence electrons. The number of nitrogens with one attached hydrogen (secondary N) is 1. The molecule has 0 aliphatic carbocycles. The second kappa shape index (κ2) is 6.75. The first-order valence-corrected chi connectivity index (χ1v) is 9.61. The maximum absolute atomic E-state index is 13.0. The molecule has 1 aromatic rings. The highest BCUT2D eigenvalue weighted by Gasteiger charge is 2.34. The Hall–Kier alpha value is -0.470. The van der Waals surface area contributed by atoms with Crippen LogP contribution in [0.3, 0.4) is 0 Å². The third-order valence-electron chi connectivity index (χ3n) is 3.51. The maximum Gasteiger partial charge on any atom is 0.244 e. The van der Waals surface area contributed by atoms with E-state index < -0.39 is 10.0 Å². The van der Waals surface area contributed by atoms with E-state index in [1.54, 1.807) is 4.31 Å². The van der Waals surface area contributed by atoms with Gasteiger partial charge in [-0.1, -0.05) is 6.92 Å². The van der Waals surface area contributed by atoms with Crippen molar-refractivity contribution in [3.8, 4) is 0 Å². The van der Waals surface area contributed by atoms with Gasteiger partial charge in [0.1, 0.15) is 4.90 Å². The lowest BCUT2D eigenvalue weighted by molar-refractivity contribution is -0.0441. The number of rotatable bonds is 5. The van der Waals surface area contributed by atoms with Gasteiger partial charge in [0, 0.05) is 24.5 Å². The number of hydrogen-bond acceptors (Lipinski definition) is 5. The van der Waals surface area contributed by atoms with Gasteiger partial charge in [0.2, 0.25) is 10.0 Å². The fourth-order valence-corrected chi connectivity index (χ4v) is 5.97. The topological polar surface area (TPSA) is 58.6 Å². The van der Waals surface area contributed by atoms with E-state index in [0.29, 0.717) is 24.5 Å². The highest BCUT2D eigenvalue weighted by Crippen LogP contribution is 2.31. The molecule has 2 unspecified atom stereocenters. The highest BCUT2D eigenvalue weighted by atomic mass is 32.2. The summed E-state index contributed by atoms with van der Waals surface area (Å²) in [5.41, 5.74) is 0.833. The highest BCUT2D eigenvalue weighted by molar-refractivity contribution is 7.89. The van der Waals surface area contributed by atoms with Crippen LogP contribution in [0.25, 0.3) is 0 Å². The average molecular weight is 332 g/mol. The van der Waals surface area contributed by atoms with E-state index in [9.17, 15) is 8.42 Å². The van der Waals surface area contributed by atoms with Gasteiger partial charge in [-0.25, -0.2) is 8.42 Å². The molecule has 5 nitrogen and oxygen atoms in total. The first kappa shape index (κ1) is 16.9. The second-order valence-electron chi connectivity index (χ2n) is 5.53. The van der Waals surface area contributed by atoms with Gasteiger partial charge in [-0.2, -0.15) is 4.31 Å². The van der Waals surface area contributed by atoms with Crippen LogP contribution in [0.4, 0.5) is 0 Å². The van der Waals surface area contributed by atoms with E-state index in [2.05, 4.69) is 5.32 Å². The van der Waals surface area contributed by atoms with Crippen molar-refractivity contribution in [3.05, 3.63) is 15.8 Å². The van der Waals surface area contributed by atoms with E-state index in [1.807, 2.05) is 33.1 Å². The smallest absolute Gasteiger partial charge is 0.244 e. The van der Waals surface area contributed by atoms with Gasteiger partial charge in [0.15, 0.2) is 0 Å². The zero-order valence-electron chi connectivity index (χ0n) is 13.0. The summed E-state index contributed by atoms with van der Waals surface area (Å²) in [4.78, 5) is 1.37. The molecule has 0 saturated carbocycles. The van der Waals surface area contributed by atoms with Crippen LogP contribution in [0.5, 0.6) is 0 Å². The number of hydrogen-bond donors (Lipinski definition) is 1. The van der Waals surface area contributed by atoms with E-state index in [1.165, 1.54) is 11.3 Å². The molecule has 0 aromatic carbocycles. The lowest BCUT2D eigenvalue weighted by Gasteiger charge is -2.34. The number of sulfonamides is 1. The van der Waals surface area contributed by atoms with E-state index in [-0.39, 0.29) is 12.2 Å². The molecule has 1 aromatic heterocycles. The van der Waals surface area contributed by atoms with E-state index >= 15 is 0 Å². The normalized spacial score (nSPS) is 24.4. The molecule has 2 atom stereocenters. The number of thiophene rings is 1. The van der Waals surface area contributed by atoms with Crippen LogP contribution < -0.4 is 5.32 Å². The monoisotopic (exact) mass is 332 g/mol. The molecule has 1 saturated heterocycles. The fourth-order valence-electron chi connectivity index (χ4n) is 2.65. The Kier molecular flexibility index (Phi) is 5.43. The molecule has 0 amide bonds. The van der Waals surface area contributed by atoms with E-state index in [4.69, 9.17) is 4.74 Å². The number of ether oxygens (including phenoxy) is 1. The van der Waals surface area contributed by atoms with Crippen molar-refractivity contribution in [2.45, 2.75) is 51.3 Å². The van der Waals surface area contributed by atoms with Crippen LogP contribution in [0, 0.1) is 6.92 Å². The van der Waals surface area contributed by atoms with Crippen molar-refractivity contribution >= 4 is 21.4 Å². The van der Waals surface area contributed by atoms with Crippen LogP contribution in [0.15, 0.2) is 10.3 Å². The molecule has 0 spiro atoms. The summed E-state index contributed by atoms with van der Waals surface area (Å²) in [6, 6.07) is 0. The van der Waals surface area contributed by atoms with Crippen molar-refractivity contribution in [2.75, 3.05) is 19.6 Å². The van der Waals surface area contributed by atoms with Gasteiger partial charge < -0.3 is 10.1 Å². The van der Waals surface area contributed by atoms with Gasteiger partial charge in [0.25, 0.3) is 0 Å². The zero-order valence-corrected chi connectivity index (χ0v) is 14.7. The minimum Gasteiger partial charge on any atom is -0.373 e. The zero-order chi connectivity index (χ0) is 15.6. The fraction of sp³-hybridized carbons (Fsp3) is 0.714. The Morgan fingerprint density at radius 3 is 2.57 bits per heavy atom. The van der Waals surface area contributed by atoms with Gasteiger partial charge in [-0.15, -0.1) is 11.3 Å². The van der Waals surface area contributed by atoms with Crippen LogP contribution in [0.1, 0.15) is 31.2 Å². The first-order valence-electron chi connectivity index (χ1n) is 7.29. The van der Waals surface area contributed by atoms with Gasteiger partial charge in [-0.05, 0) is 38.3 Å². The predicted molar refractivity (Wildman–Crippen MR) is 85.2 cm³/mol. The van der Waals surface area contributed by atoms with Crippen molar-refractivity contribution in [3.63, 3.8) is 0 Å². The average Bonchev–Trinajstić information content (AvgIpc) is 2.77. The quantitative estimate of drug-likeness (QED) is 0.895. The van der Waals surface area contributed by atoms with Gasteiger partial charge in [-0.3, -0.25) is 0 Å². The summed E-state index contributed by atoms with van der Waals surface area (Å²) in [5, 5.41) is 5.14. The van der Waals surface area contributed by atoms with Crippen LogP contribution >= 0.6 is 11.3 Å². The molecule has 21 heavy (non-hydrogen) atoms. The summed E-state index contributed by atoms with van der Waals surface area (Å²) in [6.07, 6.45) is -0.139. The lowest BCUT2D eigenvalue weighted by atomic mass is 10.3. The Labute approximate surface area is 131 Å². The minimum atomic E-state index is -3.45. The minimum absolute atomic E-state index is 0.0697. The second-order valence-corrected chi connectivity index (χ2v) is 8.37. The molecule has 1 N–H and O–H groups in total. The van der Waals surface area contributed by atoms with Crippen molar-refractivity contribution in [2.24, 2.45) is 0 Å². The summed E-state index contributed by atoms with van der Waals surface area (Å²) in [5.74, 6) is 0. The largest absolute Gasteiger partial charge is 0.373 e. The maximum atomic E-state index is 13.0. The molecule has 7 heteroatoms. The number of nitrogens with zero attached hydrogens (tertiary/aromatic N) is 1. The number of aryl methyl sites for hydroxylation is 1.